The van der Waals surface area contributed by atoms with E-state index in [1.165, 1.54) is 0 Å². The smallest absolute Gasteiger partial charge is 0.117 e. The number of hydrogen-bond donors (Lipinski definition) is 1. The van der Waals surface area contributed by atoms with Crippen molar-refractivity contribution in [3.8, 4) is 6.07 Å². The van der Waals surface area contributed by atoms with Gasteiger partial charge in [0.1, 0.15) is 11.8 Å². The van der Waals surface area contributed by atoms with Crippen LogP contribution in [0.4, 0.5) is 5.69 Å². The van der Waals surface area contributed by atoms with Crippen molar-refractivity contribution in [3.05, 3.63) is 35.8 Å². The Morgan fingerprint density at radius 3 is 3.33 bits per heavy atom. The van der Waals surface area contributed by atoms with Crippen molar-refractivity contribution in [1.82, 2.24) is 4.98 Å². The first-order valence-corrected chi connectivity index (χ1v) is 3.70. The Bertz CT molecular complexity index is 374. The topological polar surface area (TPSA) is 48.7 Å². The number of anilines is 1. The zero-order chi connectivity index (χ0) is 8.39. The van der Waals surface area contributed by atoms with Crippen LogP contribution < -0.4 is 5.32 Å². The molecule has 12 heavy (non-hydrogen) atoms. The van der Waals surface area contributed by atoms with Gasteiger partial charge in [0.15, 0.2) is 0 Å². The highest BCUT2D eigenvalue weighted by atomic mass is 14.9. The summed E-state index contributed by atoms with van der Waals surface area (Å²) in [6.45, 7) is 0. The summed E-state index contributed by atoms with van der Waals surface area (Å²) in [5.74, 6) is 0. The summed E-state index contributed by atoms with van der Waals surface area (Å²) in [4.78, 5) is 4.00. The highest BCUT2D eigenvalue weighted by Crippen LogP contribution is 2.20. The highest BCUT2D eigenvalue weighted by Gasteiger charge is 2.07. The van der Waals surface area contributed by atoms with E-state index in [1.54, 1.807) is 6.20 Å². The minimum atomic E-state index is 0.619. The Balaban J connectivity index is 2.38. The van der Waals surface area contributed by atoms with Crippen molar-refractivity contribution in [2.24, 2.45) is 0 Å². The molecule has 1 aromatic heterocycles. The molecule has 0 bridgehead atoms. The lowest BCUT2D eigenvalue weighted by molar-refractivity contribution is 1.14. The fourth-order valence-electron chi connectivity index (χ4n) is 1.19. The Morgan fingerprint density at radius 1 is 1.58 bits per heavy atom. The molecule has 0 aliphatic carbocycles. The summed E-state index contributed by atoms with van der Waals surface area (Å²) in [5.41, 5.74) is 2.74. The first kappa shape index (κ1) is 6.86. The number of nitriles is 1. The van der Waals surface area contributed by atoms with E-state index in [4.69, 9.17) is 5.26 Å². The van der Waals surface area contributed by atoms with E-state index >= 15 is 0 Å². The van der Waals surface area contributed by atoms with Gasteiger partial charge in [0.05, 0.1) is 0 Å². The summed E-state index contributed by atoms with van der Waals surface area (Å²) in [6.07, 6.45) is 6.18. The van der Waals surface area contributed by atoms with Crippen LogP contribution in [0.3, 0.4) is 0 Å². The molecule has 1 aliphatic heterocycles. The molecule has 2 heterocycles. The minimum absolute atomic E-state index is 0.619. The molecule has 0 aromatic carbocycles. The van der Waals surface area contributed by atoms with Crippen LogP contribution in [0.5, 0.6) is 0 Å². The second kappa shape index (κ2) is 2.67. The summed E-state index contributed by atoms with van der Waals surface area (Å²) >= 11 is 0. The zero-order valence-electron chi connectivity index (χ0n) is 6.41. The molecule has 0 unspecified atom stereocenters. The molecule has 3 nitrogen and oxygen atoms in total. The number of hydrogen-bond acceptors (Lipinski definition) is 3. The maximum absolute atomic E-state index is 8.62. The second-order valence-corrected chi connectivity index (χ2v) is 2.59. The van der Waals surface area contributed by atoms with Crippen LogP contribution in [0.2, 0.25) is 0 Å². The largest absolute Gasteiger partial charge is 0.347 e. The van der Waals surface area contributed by atoms with Crippen molar-refractivity contribution in [2.75, 3.05) is 5.32 Å². The Morgan fingerprint density at radius 2 is 2.50 bits per heavy atom. The SMILES string of the molecule is N#CC1=CCc2cnccc2N1. The molecule has 1 aromatic rings. The molecule has 3 heteroatoms. The van der Waals surface area contributed by atoms with Gasteiger partial charge in [-0.3, -0.25) is 4.98 Å². The van der Waals surface area contributed by atoms with E-state index in [2.05, 4.69) is 16.4 Å². The van der Waals surface area contributed by atoms with Gasteiger partial charge < -0.3 is 5.32 Å². The zero-order valence-corrected chi connectivity index (χ0v) is 6.41. The van der Waals surface area contributed by atoms with E-state index in [9.17, 15) is 0 Å². The molecule has 0 saturated heterocycles. The molecule has 1 aliphatic rings. The Labute approximate surface area is 70.4 Å². The van der Waals surface area contributed by atoms with Gasteiger partial charge in [0.2, 0.25) is 0 Å². The normalized spacial score (nSPS) is 13.8. The van der Waals surface area contributed by atoms with Crippen LogP contribution in [0.25, 0.3) is 0 Å². The van der Waals surface area contributed by atoms with E-state index in [0.29, 0.717) is 5.70 Å². The van der Waals surface area contributed by atoms with Crippen LogP contribution in [-0.4, -0.2) is 4.98 Å². The van der Waals surface area contributed by atoms with Crippen LogP contribution in [-0.2, 0) is 6.42 Å². The van der Waals surface area contributed by atoms with Crippen LogP contribution >= 0.6 is 0 Å². The van der Waals surface area contributed by atoms with Gasteiger partial charge in [0, 0.05) is 18.1 Å². The third-order valence-corrected chi connectivity index (χ3v) is 1.82. The maximum atomic E-state index is 8.62. The molecule has 0 radical (unpaired) electrons. The number of fused-ring (bicyclic) bond motifs is 1. The Kier molecular flexibility index (Phi) is 1.52. The molecule has 58 valence electrons. The quantitative estimate of drug-likeness (QED) is 0.620. The number of nitrogens with zero attached hydrogens (tertiary/aromatic N) is 2. The van der Waals surface area contributed by atoms with Gasteiger partial charge in [-0.15, -0.1) is 0 Å². The molecular formula is C9H7N3. The fraction of sp³-hybridized carbons (Fsp3) is 0.111. The second-order valence-electron chi connectivity index (χ2n) is 2.59. The number of aromatic nitrogens is 1. The number of pyridine rings is 1. The number of allylic oxidation sites excluding steroid dienone is 2. The average molecular weight is 157 g/mol. The van der Waals surface area contributed by atoms with E-state index < -0.39 is 0 Å². The van der Waals surface area contributed by atoms with Crippen molar-refractivity contribution < 1.29 is 0 Å². The van der Waals surface area contributed by atoms with Gasteiger partial charge in [-0.2, -0.15) is 5.26 Å². The van der Waals surface area contributed by atoms with E-state index in [0.717, 1.165) is 17.7 Å². The molecule has 1 N–H and O–H groups in total. The fourth-order valence-corrected chi connectivity index (χ4v) is 1.19. The molecule has 0 spiro atoms. The third kappa shape index (κ3) is 1.04. The number of rotatable bonds is 0. The van der Waals surface area contributed by atoms with Crippen molar-refractivity contribution in [3.63, 3.8) is 0 Å². The molecular weight excluding hydrogens is 150 g/mol. The minimum Gasteiger partial charge on any atom is -0.347 e. The van der Waals surface area contributed by atoms with Gasteiger partial charge in [0.25, 0.3) is 0 Å². The van der Waals surface area contributed by atoms with Crippen molar-refractivity contribution in [1.29, 1.82) is 5.26 Å². The predicted octanol–water partition coefficient (Wildman–Crippen LogP) is 1.46. The Hall–Kier alpha value is -1.82. The predicted molar refractivity (Wildman–Crippen MR) is 45.3 cm³/mol. The van der Waals surface area contributed by atoms with Crippen molar-refractivity contribution in [2.45, 2.75) is 6.42 Å². The van der Waals surface area contributed by atoms with Gasteiger partial charge in [-0.1, -0.05) is 0 Å². The van der Waals surface area contributed by atoms with Gasteiger partial charge >= 0.3 is 0 Å². The van der Waals surface area contributed by atoms with E-state index in [-0.39, 0.29) is 0 Å². The molecule has 2 rings (SSSR count). The van der Waals surface area contributed by atoms with Crippen LogP contribution in [0.1, 0.15) is 5.56 Å². The highest BCUT2D eigenvalue weighted by molar-refractivity contribution is 5.59. The first-order chi connectivity index (χ1) is 5.90. The molecule has 0 atom stereocenters. The summed E-state index contributed by atoms with van der Waals surface area (Å²) in [6, 6.07) is 3.95. The van der Waals surface area contributed by atoms with Crippen LogP contribution in [0.15, 0.2) is 30.2 Å². The number of nitrogens with one attached hydrogen (secondary N) is 1. The standard InChI is InChI=1S/C9H7N3/c10-5-8-2-1-7-6-11-4-3-9(7)12-8/h2-4,6,12H,1H2. The summed E-state index contributed by atoms with van der Waals surface area (Å²) in [5, 5.41) is 11.6. The lowest BCUT2D eigenvalue weighted by Gasteiger charge is -2.13. The third-order valence-electron chi connectivity index (χ3n) is 1.82. The van der Waals surface area contributed by atoms with Gasteiger partial charge in [-0.05, 0) is 24.1 Å². The maximum Gasteiger partial charge on any atom is 0.117 e. The van der Waals surface area contributed by atoms with Gasteiger partial charge in [-0.25, -0.2) is 0 Å². The van der Waals surface area contributed by atoms with Crippen LogP contribution in [0, 0.1) is 11.3 Å². The van der Waals surface area contributed by atoms with Crippen molar-refractivity contribution >= 4 is 5.69 Å². The lowest BCUT2D eigenvalue weighted by atomic mass is 10.1. The molecule has 0 amide bonds. The average Bonchev–Trinajstić information content (AvgIpc) is 2.17. The summed E-state index contributed by atoms with van der Waals surface area (Å²) < 4.78 is 0. The monoisotopic (exact) mass is 157 g/mol. The molecule has 0 fully saturated rings. The van der Waals surface area contributed by atoms with E-state index in [1.807, 2.05) is 18.3 Å². The molecule has 0 saturated carbocycles. The first-order valence-electron chi connectivity index (χ1n) is 3.70. The lowest BCUT2D eigenvalue weighted by Crippen LogP contribution is -2.06. The summed E-state index contributed by atoms with van der Waals surface area (Å²) in [7, 11) is 0.